The summed E-state index contributed by atoms with van der Waals surface area (Å²) in [5, 5.41) is 3.36. The van der Waals surface area contributed by atoms with Gasteiger partial charge in [0.1, 0.15) is 0 Å². The minimum atomic E-state index is 0.197. The largest absolute Gasteiger partial charge is 0.340 e. The molecule has 2 rings (SSSR count). The maximum atomic E-state index is 12.4. The minimum Gasteiger partial charge on any atom is -0.340 e. The summed E-state index contributed by atoms with van der Waals surface area (Å²) in [5.74, 6) is 1.14. The molecule has 2 aliphatic heterocycles. The highest BCUT2D eigenvalue weighted by molar-refractivity contribution is 5.80. The van der Waals surface area contributed by atoms with E-state index in [0.717, 1.165) is 26.1 Å². The summed E-state index contributed by atoms with van der Waals surface area (Å²) in [7, 11) is 4.21. The summed E-state index contributed by atoms with van der Waals surface area (Å²) in [4.78, 5) is 16.8. The average Bonchev–Trinajstić information content (AvgIpc) is 2.83. The molecule has 17 heavy (non-hydrogen) atoms. The van der Waals surface area contributed by atoms with Gasteiger partial charge in [0.2, 0.25) is 5.91 Å². The van der Waals surface area contributed by atoms with Crippen LogP contribution in [0.4, 0.5) is 0 Å². The van der Waals surface area contributed by atoms with Gasteiger partial charge in [-0.15, -0.1) is 0 Å². The molecule has 1 amide bonds. The summed E-state index contributed by atoms with van der Waals surface area (Å²) in [6, 6.07) is 0.861. The molecule has 98 valence electrons. The Morgan fingerprint density at radius 3 is 2.47 bits per heavy atom. The molecule has 2 heterocycles. The van der Waals surface area contributed by atoms with E-state index in [4.69, 9.17) is 0 Å². The van der Waals surface area contributed by atoms with Crippen LogP contribution in [0.15, 0.2) is 0 Å². The van der Waals surface area contributed by atoms with Crippen molar-refractivity contribution in [2.24, 2.45) is 11.8 Å². The van der Waals surface area contributed by atoms with E-state index in [2.05, 4.69) is 43.1 Å². The Labute approximate surface area is 104 Å². The molecular formula is C13H25N3O. The highest BCUT2D eigenvalue weighted by atomic mass is 16.2. The molecule has 2 fully saturated rings. The standard InChI is InChI=1S/C13H25N3O/c1-9-7-16(8-12(9)15(3)4)13(17)11-5-6-14-10(11)2/h9-12,14H,5-8H2,1-4H3. The Morgan fingerprint density at radius 1 is 1.29 bits per heavy atom. The van der Waals surface area contributed by atoms with Gasteiger partial charge in [0.25, 0.3) is 0 Å². The van der Waals surface area contributed by atoms with Gasteiger partial charge in [0, 0.05) is 25.2 Å². The van der Waals surface area contributed by atoms with Gasteiger partial charge in [-0.25, -0.2) is 0 Å². The molecule has 1 N–H and O–H groups in total. The monoisotopic (exact) mass is 239 g/mol. The van der Waals surface area contributed by atoms with Crippen molar-refractivity contribution in [3.8, 4) is 0 Å². The first-order valence-corrected chi connectivity index (χ1v) is 6.69. The number of amides is 1. The molecule has 0 saturated carbocycles. The van der Waals surface area contributed by atoms with Crippen molar-refractivity contribution in [1.29, 1.82) is 0 Å². The lowest BCUT2D eigenvalue weighted by atomic mass is 10.0. The first kappa shape index (κ1) is 12.8. The van der Waals surface area contributed by atoms with Crippen molar-refractivity contribution >= 4 is 5.91 Å². The predicted molar refractivity (Wildman–Crippen MR) is 68.8 cm³/mol. The van der Waals surface area contributed by atoms with Crippen LogP contribution in [0.25, 0.3) is 0 Å². The van der Waals surface area contributed by atoms with E-state index in [1.165, 1.54) is 0 Å². The van der Waals surface area contributed by atoms with Gasteiger partial charge in [0.05, 0.1) is 5.92 Å². The van der Waals surface area contributed by atoms with Crippen LogP contribution in [-0.2, 0) is 4.79 Å². The highest BCUT2D eigenvalue weighted by Crippen LogP contribution is 2.25. The van der Waals surface area contributed by atoms with Gasteiger partial charge in [-0.3, -0.25) is 4.79 Å². The number of nitrogens with one attached hydrogen (secondary N) is 1. The lowest BCUT2D eigenvalue weighted by molar-refractivity contribution is -0.134. The molecule has 4 heteroatoms. The van der Waals surface area contributed by atoms with Crippen molar-refractivity contribution in [1.82, 2.24) is 15.1 Å². The Kier molecular flexibility index (Phi) is 3.73. The lowest BCUT2D eigenvalue weighted by Crippen LogP contribution is -2.40. The van der Waals surface area contributed by atoms with Crippen molar-refractivity contribution < 1.29 is 4.79 Å². The Balaban J connectivity index is 1.98. The van der Waals surface area contributed by atoms with Crippen LogP contribution >= 0.6 is 0 Å². The number of carbonyl (C=O) groups is 1. The fourth-order valence-electron chi connectivity index (χ4n) is 3.23. The Bertz CT molecular complexity index is 292. The molecule has 2 aliphatic rings. The zero-order chi connectivity index (χ0) is 12.6. The quantitative estimate of drug-likeness (QED) is 0.757. The number of hydrogen-bond donors (Lipinski definition) is 1. The van der Waals surface area contributed by atoms with Gasteiger partial charge < -0.3 is 15.1 Å². The van der Waals surface area contributed by atoms with Crippen molar-refractivity contribution in [2.75, 3.05) is 33.7 Å². The second kappa shape index (κ2) is 4.94. The summed E-state index contributed by atoms with van der Waals surface area (Å²) < 4.78 is 0. The van der Waals surface area contributed by atoms with Crippen molar-refractivity contribution in [3.05, 3.63) is 0 Å². The third-order valence-corrected chi connectivity index (χ3v) is 4.39. The van der Waals surface area contributed by atoms with Crippen LogP contribution in [0.2, 0.25) is 0 Å². The fraction of sp³-hybridized carbons (Fsp3) is 0.923. The summed E-state index contributed by atoms with van der Waals surface area (Å²) in [5.41, 5.74) is 0. The molecule has 4 nitrogen and oxygen atoms in total. The van der Waals surface area contributed by atoms with Crippen LogP contribution in [0.5, 0.6) is 0 Å². The van der Waals surface area contributed by atoms with Crippen LogP contribution in [-0.4, -0.2) is 61.5 Å². The van der Waals surface area contributed by atoms with E-state index in [1.807, 2.05) is 0 Å². The number of likely N-dealkylation sites (N-methyl/N-ethyl adjacent to an activating group) is 1. The van der Waals surface area contributed by atoms with Gasteiger partial charge in [-0.2, -0.15) is 0 Å². The van der Waals surface area contributed by atoms with Crippen LogP contribution < -0.4 is 5.32 Å². The van der Waals surface area contributed by atoms with Gasteiger partial charge in [0.15, 0.2) is 0 Å². The minimum absolute atomic E-state index is 0.197. The van der Waals surface area contributed by atoms with Gasteiger partial charge >= 0.3 is 0 Å². The van der Waals surface area contributed by atoms with E-state index in [9.17, 15) is 4.79 Å². The SMILES string of the molecule is CC1CN(C(=O)C2CCNC2C)CC1N(C)C. The third-order valence-electron chi connectivity index (χ3n) is 4.39. The first-order chi connectivity index (χ1) is 8.00. The summed E-state index contributed by atoms with van der Waals surface area (Å²) >= 11 is 0. The number of rotatable bonds is 2. The molecule has 0 bridgehead atoms. The van der Waals surface area contributed by atoms with Gasteiger partial charge in [-0.1, -0.05) is 6.92 Å². The second-order valence-electron chi connectivity index (χ2n) is 5.89. The summed E-state index contributed by atoms with van der Waals surface area (Å²) in [6.07, 6.45) is 0.998. The molecule has 0 radical (unpaired) electrons. The number of likely N-dealkylation sites (tertiary alicyclic amines) is 1. The molecule has 0 aromatic carbocycles. The normalized spacial score (nSPS) is 38.1. The molecule has 0 aliphatic carbocycles. The average molecular weight is 239 g/mol. The smallest absolute Gasteiger partial charge is 0.227 e. The topological polar surface area (TPSA) is 35.6 Å². The van der Waals surface area contributed by atoms with Crippen molar-refractivity contribution in [2.45, 2.75) is 32.4 Å². The number of hydrogen-bond acceptors (Lipinski definition) is 3. The lowest BCUT2D eigenvalue weighted by Gasteiger charge is -2.24. The molecule has 4 unspecified atom stereocenters. The maximum Gasteiger partial charge on any atom is 0.227 e. The number of carbonyl (C=O) groups excluding carboxylic acids is 1. The fourth-order valence-corrected chi connectivity index (χ4v) is 3.23. The summed E-state index contributed by atoms with van der Waals surface area (Å²) in [6.45, 7) is 7.17. The van der Waals surface area contributed by atoms with Crippen LogP contribution in [0.1, 0.15) is 20.3 Å². The predicted octanol–water partition coefficient (Wildman–Crippen LogP) is 0.393. The van der Waals surface area contributed by atoms with E-state index >= 15 is 0 Å². The Morgan fingerprint density at radius 2 is 2.00 bits per heavy atom. The number of nitrogens with zero attached hydrogens (tertiary/aromatic N) is 2. The van der Waals surface area contributed by atoms with Crippen LogP contribution in [0, 0.1) is 11.8 Å². The zero-order valence-electron chi connectivity index (χ0n) is 11.4. The molecule has 4 atom stereocenters. The third kappa shape index (κ3) is 2.47. The van der Waals surface area contributed by atoms with E-state index in [-0.39, 0.29) is 5.92 Å². The van der Waals surface area contributed by atoms with E-state index in [1.54, 1.807) is 0 Å². The van der Waals surface area contributed by atoms with E-state index in [0.29, 0.717) is 23.9 Å². The van der Waals surface area contributed by atoms with Gasteiger partial charge in [-0.05, 0) is 39.9 Å². The molecule has 0 aromatic heterocycles. The van der Waals surface area contributed by atoms with Crippen LogP contribution in [0.3, 0.4) is 0 Å². The maximum absolute atomic E-state index is 12.4. The van der Waals surface area contributed by atoms with E-state index < -0.39 is 0 Å². The van der Waals surface area contributed by atoms with Crippen molar-refractivity contribution in [3.63, 3.8) is 0 Å². The second-order valence-corrected chi connectivity index (χ2v) is 5.89. The highest BCUT2D eigenvalue weighted by Gasteiger charge is 2.38. The zero-order valence-corrected chi connectivity index (χ0v) is 11.4. The first-order valence-electron chi connectivity index (χ1n) is 6.69. The molecule has 2 saturated heterocycles. The molecule has 0 aromatic rings. The molecule has 0 spiro atoms. The Hall–Kier alpha value is -0.610. The molecular weight excluding hydrogens is 214 g/mol.